The van der Waals surface area contributed by atoms with Crippen LogP contribution in [-0.2, 0) is 11.3 Å². The van der Waals surface area contributed by atoms with Crippen molar-refractivity contribution in [1.82, 2.24) is 9.88 Å². The maximum Gasteiger partial charge on any atom is 0.255 e. The van der Waals surface area contributed by atoms with Gasteiger partial charge in [-0.1, -0.05) is 32.0 Å². The van der Waals surface area contributed by atoms with E-state index >= 15 is 0 Å². The lowest BCUT2D eigenvalue weighted by molar-refractivity contribution is -0.122. The summed E-state index contributed by atoms with van der Waals surface area (Å²) in [4.78, 5) is 30.6. The summed E-state index contributed by atoms with van der Waals surface area (Å²) < 4.78 is 0. The topological polar surface area (TPSA) is 65.2 Å². The molecule has 1 aromatic heterocycles. The van der Waals surface area contributed by atoms with Gasteiger partial charge in [0.15, 0.2) is 0 Å². The molecular formula is C21H21N3O2. The van der Waals surface area contributed by atoms with Gasteiger partial charge >= 0.3 is 0 Å². The number of aromatic amines is 1. The van der Waals surface area contributed by atoms with E-state index in [-0.39, 0.29) is 17.7 Å². The smallest absolute Gasteiger partial charge is 0.255 e. The predicted molar refractivity (Wildman–Crippen MR) is 102 cm³/mol. The van der Waals surface area contributed by atoms with Crippen LogP contribution < -0.4 is 5.32 Å². The molecule has 0 fully saturated rings. The van der Waals surface area contributed by atoms with E-state index in [1.54, 1.807) is 4.90 Å². The molecule has 0 saturated heterocycles. The third-order valence-electron chi connectivity index (χ3n) is 4.91. The molecule has 1 unspecified atom stereocenters. The zero-order valence-electron chi connectivity index (χ0n) is 14.8. The van der Waals surface area contributed by atoms with Gasteiger partial charge in [0.1, 0.15) is 6.04 Å². The molecule has 2 N–H and O–H groups in total. The van der Waals surface area contributed by atoms with Crippen LogP contribution in [-0.4, -0.2) is 27.7 Å². The van der Waals surface area contributed by atoms with Crippen LogP contribution in [0.15, 0.2) is 54.7 Å². The molecule has 1 atom stereocenters. The number of nitrogens with zero attached hydrogens (tertiary/aromatic N) is 1. The van der Waals surface area contributed by atoms with Crippen molar-refractivity contribution >= 4 is 28.4 Å². The largest absolute Gasteiger partial charge is 0.361 e. The van der Waals surface area contributed by atoms with Crippen molar-refractivity contribution in [1.29, 1.82) is 0 Å². The van der Waals surface area contributed by atoms with E-state index in [4.69, 9.17) is 0 Å². The number of carbonyl (C=O) groups is 2. The third kappa shape index (κ3) is 2.75. The Morgan fingerprint density at radius 3 is 2.73 bits per heavy atom. The summed E-state index contributed by atoms with van der Waals surface area (Å²) in [6, 6.07) is 14.7. The molecule has 0 spiro atoms. The molecule has 5 nitrogen and oxygen atoms in total. The summed E-state index contributed by atoms with van der Waals surface area (Å²) in [5, 5.41) is 4.02. The van der Waals surface area contributed by atoms with E-state index in [0.29, 0.717) is 12.1 Å². The molecule has 1 aliphatic heterocycles. The normalized spacial score (nSPS) is 14.7. The molecule has 2 aromatic carbocycles. The summed E-state index contributed by atoms with van der Waals surface area (Å²) >= 11 is 0. The van der Waals surface area contributed by atoms with Crippen molar-refractivity contribution in [3.05, 3.63) is 65.9 Å². The van der Waals surface area contributed by atoms with Gasteiger partial charge < -0.3 is 15.2 Å². The van der Waals surface area contributed by atoms with Crippen LogP contribution in [0.3, 0.4) is 0 Å². The Labute approximate surface area is 152 Å². The number of hydrogen-bond acceptors (Lipinski definition) is 2. The van der Waals surface area contributed by atoms with Crippen LogP contribution >= 0.6 is 0 Å². The van der Waals surface area contributed by atoms with Gasteiger partial charge in [0.25, 0.3) is 5.91 Å². The minimum atomic E-state index is -0.517. The van der Waals surface area contributed by atoms with Crippen LogP contribution in [0.25, 0.3) is 10.9 Å². The van der Waals surface area contributed by atoms with Gasteiger partial charge in [0.05, 0.1) is 0 Å². The minimum absolute atomic E-state index is 0.00394. The number of hydrogen-bond donors (Lipinski definition) is 2. The average Bonchev–Trinajstić information content (AvgIpc) is 3.20. The van der Waals surface area contributed by atoms with Gasteiger partial charge in [0, 0.05) is 34.9 Å². The fourth-order valence-corrected chi connectivity index (χ4v) is 3.65. The fraction of sp³-hybridized carbons (Fsp3) is 0.238. The second kappa shape index (κ2) is 6.33. The molecule has 0 radical (unpaired) electrons. The summed E-state index contributed by atoms with van der Waals surface area (Å²) in [5.74, 6) is -0.226. The number of fused-ring (bicyclic) bond motifs is 2. The van der Waals surface area contributed by atoms with Crippen LogP contribution in [0.1, 0.15) is 29.8 Å². The zero-order chi connectivity index (χ0) is 18.3. The van der Waals surface area contributed by atoms with Crippen LogP contribution in [0.4, 0.5) is 5.69 Å². The lowest BCUT2D eigenvalue weighted by Gasteiger charge is -2.30. The Kier molecular flexibility index (Phi) is 3.99. The molecule has 0 aliphatic carbocycles. The predicted octanol–water partition coefficient (Wildman–Crippen LogP) is 3.79. The first kappa shape index (κ1) is 16.4. The van der Waals surface area contributed by atoms with Crippen molar-refractivity contribution in [2.45, 2.75) is 26.4 Å². The van der Waals surface area contributed by atoms with E-state index in [1.165, 1.54) is 0 Å². The van der Waals surface area contributed by atoms with Crippen molar-refractivity contribution in [3.63, 3.8) is 0 Å². The highest BCUT2D eigenvalue weighted by atomic mass is 16.2. The van der Waals surface area contributed by atoms with Gasteiger partial charge in [0.2, 0.25) is 5.91 Å². The van der Waals surface area contributed by atoms with Gasteiger partial charge in [-0.05, 0) is 41.8 Å². The minimum Gasteiger partial charge on any atom is -0.361 e. The molecule has 3 aromatic rings. The van der Waals surface area contributed by atoms with E-state index in [2.05, 4.69) is 10.3 Å². The standard InChI is InChI=1S/C21H21N3O2/c1-13(2)19(24-12-15-5-3-4-6-17(15)21(24)26)20(25)23-16-7-8-18-14(11-16)9-10-22-18/h3-11,13,19,22H,12H2,1-2H3,(H,23,25). The second-order valence-corrected chi connectivity index (χ2v) is 7.05. The summed E-state index contributed by atoms with van der Waals surface area (Å²) in [7, 11) is 0. The summed E-state index contributed by atoms with van der Waals surface area (Å²) in [5.41, 5.74) is 3.43. The fourth-order valence-electron chi connectivity index (χ4n) is 3.65. The molecule has 1 aliphatic rings. The number of rotatable bonds is 4. The van der Waals surface area contributed by atoms with E-state index in [0.717, 1.165) is 22.2 Å². The van der Waals surface area contributed by atoms with Crippen LogP contribution in [0.5, 0.6) is 0 Å². The maximum absolute atomic E-state index is 13.0. The zero-order valence-corrected chi connectivity index (χ0v) is 14.8. The highest BCUT2D eigenvalue weighted by Gasteiger charge is 2.37. The van der Waals surface area contributed by atoms with Gasteiger partial charge in [-0.3, -0.25) is 9.59 Å². The number of H-pyrrole nitrogens is 1. The Hall–Kier alpha value is -3.08. The Morgan fingerprint density at radius 1 is 1.15 bits per heavy atom. The van der Waals surface area contributed by atoms with Crippen molar-refractivity contribution in [3.8, 4) is 0 Å². The molecule has 0 bridgehead atoms. The monoisotopic (exact) mass is 347 g/mol. The van der Waals surface area contributed by atoms with E-state index in [9.17, 15) is 9.59 Å². The molecule has 0 saturated carbocycles. The third-order valence-corrected chi connectivity index (χ3v) is 4.91. The molecule has 2 heterocycles. The highest BCUT2D eigenvalue weighted by Crippen LogP contribution is 2.28. The second-order valence-electron chi connectivity index (χ2n) is 7.05. The van der Waals surface area contributed by atoms with Crippen LogP contribution in [0.2, 0.25) is 0 Å². The average molecular weight is 347 g/mol. The molecular weight excluding hydrogens is 326 g/mol. The van der Waals surface area contributed by atoms with Gasteiger partial charge in [-0.2, -0.15) is 0 Å². The van der Waals surface area contributed by atoms with Crippen molar-refractivity contribution < 1.29 is 9.59 Å². The van der Waals surface area contributed by atoms with Gasteiger partial charge in [-0.25, -0.2) is 0 Å². The van der Waals surface area contributed by atoms with E-state index in [1.807, 2.05) is 68.6 Å². The number of nitrogens with one attached hydrogen (secondary N) is 2. The number of carbonyl (C=O) groups excluding carboxylic acids is 2. The SMILES string of the molecule is CC(C)C(C(=O)Nc1ccc2[nH]ccc2c1)N1Cc2ccccc2C1=O. The number of aromatic nitrogens is 1. The molecule has 26 heavy (non-hydrogen) atoms. The quantitative estimate of drug-likeness (QED) is 0.754. The first-order chi connectivity index (χ1) is 12.5. The lowest BCUT2D eigenvalue weighted by Crippen LogP contribution is -2.47. The molecule has 5 heteroatoms. The highest BCUT2D eigenvalue weighted by molar-refractivity contribution is 6.04. The lowest BCUT2D eigenvalue weighted by atomic mass is 10.0. The molecule has 2 amide bonds. The van der Waals surface area contributed by atoms with Gasteiger partial charge in [-0.15, -0.1) is 0 Å². The maximum atomic E-state index is 13.0. The van der Waals surface area contributed by atoms with Crippen molar-refractivity contribution in [2.75, 3.05) is 5.32 Å². The van der Waals surface area contributed by atoms with E-state index < -0.39 is 6.04 Å². The molecule has 4 rings (SSSR count). The first-order valence-electron chi connectivity index (χ1n) is 8.81. The summed E-state index contributed by atoms with van der Waals surface area (Å²) in [6.45, 7) is 4.41. The number of amides is 2. The Bertz CT molecular complexity index is 990. The summed E-state index contributed by atoms with van der Waals surface area (Å²) in [6.07, 6.45) is 1.87. The Balaban J connectivity index is 1.58. The van der Waals surface area contributed by atoms with Crippen LogP contribution in [0, 0.1) is 5.92 Å². The van der Waals surface area contributed by atoms with Crippen molar-refractivity contribution in [2.24, 2.45) is 5.92 Å². The Morgan fingerprint density at radius 2 is 1.96 bits per heavy atom. The number of benzene rings is 2. The number of anilines is 1. The first-order valence-corrected chi connectivity index (χ1v) is 8.81. The molecule has 132 valence electrons.